The van der Waals surface area contributed by atoms with Crippen molar-refractivity contribution in [1.82, 2.24) is 20.1 Å². The van der Waals surface area contributed by atoms with Crippen LogP contribution in [0.15, 0.2) is 47.2 Å². The van der Waals surface area contributed by atoms with Gasteiger partial charge in [0.05, 0.1) is 24.6 Å². The second-order valence-corrected chi connectivity index (χ2v) is 6.98. The number of fused-ring (bicyclic) bond motifs is 1. The van der Waals surface area contributed by atoms with Crippen molar-refractivity contribution >= 4 is 44.5 Å². The third-order valence-corrected chi connectivity index (χ3v) is 4.20. The molecule has 3 aromatic rings. The molecule has 0 aliphatic carbocycles. The number of rotatable bonds is 5. The van der Waals surface area contributed by atoms with Crippen LogP contribution >= 0.6 is 15.9 Å². The molecule has 0 aliphatic heterocycles. The van der Waals surface area contributed by atoms with Gasteiger partial charge in [0.15, 0.2) is 5.65 Å². The molecule has 0 radical (unpaired) electrons. The number of hydrogen-bond donors (Lipinski definition) is 2. The lowest BCUT2D eigenvalue weighted by Crippen LogP contribution is -2.32. The number of aromatic nitrogens is 3. The standard InChI is InChI=1S/C18H18BrN5O2/c1-11(2)24-17-13(8-22-24)7-15(9-20-17)23-16(25)10-21-18(26)12-4-3-5-14(19)6-12/h3-9,11H,10H2,1-2H3,(H,21,26)(H,23,25). The van der Waals surface area contributed by atoms with Gasteiger partial charge in [-0.05, 0) is 38.1 Å². The molecule has 8 heteroatoms. The first-order valence-corrected chi connectivity index (χ1v) is 8.90. The van der Waals surface area contributed by atoms with Gasteiger partial charge in [-0.2, -0.15) is 5.10 Å². The Kier molecular flexibility index (Phi) is 5.32. The highest BCUT2D eigenvalue weighted by Crippen LogP contribution is 2.19. The molecule has 26 heavy (non-hydrogen) atoms. The van der Waals surface area contributed by atoms with Gasteiger partial charge >= 0.3 is 0 Å². The van der Waals surface area contributed by atoms with Crippen molar-refractivity contribution < 1.29 is 9.59 Å². The number of carbonyl (C=O) groups is 2. The molecule has 2 heterocycles. The quantitative estimate of drug-likeness (QED) is 0.669. The Morgan fingerprint density at radius 2 is 2.04 bits per heavy atom. The van der Waals surface area contributed by atoms with E-state index >= 15 is 0 Å². The molecule has 7 nitrogen and oxygen atoms in total. The molecule has 2 aromatic heterocycles. The summed E-state index contributed by atoms with van der Waals surface area (Å²) < 4.78 is 2.62. The van der Waals surface area contributed by atoms with Gasteiger partial charge in [-0.25, -0.2) is 9.67 Å². The molecule has 134 valence electrons. The number of anilines is 1. The fraction of sp³-hybridized carbons (Fsp3) is 0.222. The summed E-state index contributed by atoms with van der Waals surface area (Å²) >= 11 is 3.31. The van der Waals surface area contributed by atoms with E-state index in [1.165, 1.54) is 0 Å². The third-order valence-electron chi connectivity index (χ3n) is 3.70. The minimum absolute atomic E-state index is 0.130. The minimum atomic E-state index is -0.328. The second-order valence-electron chi connectivity index (χ2n) is 6.06. The monoisotopic (exact) mass is 415 g/mol. The van der Waals surface area contributed by atoms with E-state index < -0.39 is 0 Å². The van der Waals surface area contributed by atoms with Crippen LogP contribution in [0.5, 0.6) is 0 Å². The zero-order valence-electron chi connectivity index (χ0n) is 14.4. The van der Waals surface area contributed by atoms with Crippen LogP contribution in [-0.2, 0) is 4.79 Å². The number of amides is 2. The lowest BCUT2D eigenvalue weighted by Gasteiger charge is -2.08. The zero-order chi connectivity index (χ0) is 18.7. The predicted octanol–water partition coefficient (Wildman–Crippen LogP) is 3.14. The Balaban J connectivity index is 1.61. The molecule has 1 aromatic carbocycles. The first-order chi connectivity index (χ1) is 12.4. The summed E-state index contributed by atoms with van der Waals surface area (Å²) in [6, 6.07) is 8.97. The van der Waals surface area contributed by atoms with Crippen molar-refractivity contribution in [3.8, 4) is 0 Å². The van der Waals surface area contributed by atoms with Crippen LogP contribution in [0.25, 0.3) is 11.0 Å². The molecule has 0 fully saturated rings. The number of carbonyl (C=O) groups excluding carboxylic acids is 2. The topological polar surface area (TPSA) is 88.9 Å². The van der Waals surface area contributed by atoms with E-state index in [9.17, 15) is 9.59 Å². The molecule has 0 saturated heterocycles. The maximum absolute atomic E-state index is 12.1. The largest absolute Gasteiger partial charge is 0.343 e. The highest BCUT2D eigenvalue weighted by molar-refractivity contribution is 9.10. The zero-order valence-corrected chi connectivity index (χ0v) is 15.9. The molecule has 0 spiro atoms. The van der Waals surface area contributed by atoms with Gasteiger partial charge in [0.2, 0.25) is 5.91 Å². The summed E-state index contributed by atoms with van der Waals surface area (Å²) in [6.45, 7) is 3.92. The van der Waals surface area contributed by atoms with Crippen LogP contribution in [0.2, 0.25) is 0 Å². The van der Waals surface area contributed by atoms with Gasteiger partial charge < -0.3 is 10.6 Å². The fourth-order valence-electron chi connectivity index (χ4n) is 2.48. The molecular formula is C18H18BrN5O2. The maximum Gasteiger partial charge on any atom is 0.251 e. The number of hydrogen-bond acceptors (Lipinski definition) is 4. The molecule has 0 unspecified atom stereocenters. The molecule has 2 amide bonds. The first kappa shape index (κ1) is 18.1. The Labute approximate surface area is 158 Å². The van der Waals surface area contributed by atoms with Crippen LogP contribution in [0, 0.1) is 0 Å². The third kappa shape index (κ3) is 4.08. The summed E-state index contributed by atoms with van der Waals surface area (Å²) in [4.78, 5) is 28.5. The van der Waals surface area contributed by atoms with Gasteiger partial charge in [0.1, 0.15) is 0 Å². The van der Waals surface area contributed by atoms with E-state index in [0.29, 0.717) is 11.3 Å². The Hall–Kier alpha value is -2.74. The van der Waals surface area contributed by atoms with Crippen molar-refractivity contribution in [3.05, 3.63) is 52.8 Å². The van der Waals surface area contributed by atoms with Gasteiger partial charge in [0.25, 0.3) is 5.91 Å². The smallest absolute Gasteiger partial charge is 0.251 e. The SMILES string of the molecule is CC(C)n1ncc2cc(NC(=O)CNC(=O)c3cccc(Br)c3)cnc21. The highest BCUT2D eigenvalue weighted by atomic mass is 79.9. The van der Waals surface area contributed by atoms with E-state index in [1.807, 2.05) is 30.7 Å². The molecule has 3 rings (SSSR count). The average Bonchev–Trinajstić information content (AvgIpc) is 3.03. The van der Waals surface area contributed by atoms with Crippen LogP contribution < -0.4 is 10.6 Å². The van der Waals surface area contributed by atoms with Crippen molar-refractivity contribution in [2.45, 2.75) is 19.9 Å². The van der Waals surface area contributed by atoms with Gasteiger partial charge in [-0.3, -0.25) is 9.59 Å². The molecular weight excluding hydrogens is 398 g/mol. The van der Waals surface area contributed by atoms with E-state index in [-0.39, 0.29) is 24.4 Å². The van der Waals surface area contributed by atoms with E-state index in [4.69, 9.17) is 0 Å². The van der Waals surface area contributed by atoms with E-state index in [0.717, 1.165) is 15.5 Å². The van der Waals surface area contributed by atoms with Crippen LogP contribution in [-0.4, -0.2) is 33.1 Å². The molecule has 2 N–H and O–H groups in total. The predicted molar refractivity (Wildman–Crippen MR) is 103 cm³/mol. The Morgan fingerprint density at radius 3 is 2.77 bits per heavy atom. The van der Waals surface area contributed by atoms with Gasteiger partial charge in [-0.1, -0.05) is 22.0 Å². The normalized spacial score (nSPS) is 10.9. The van der Waals surface area contributed by atoms with Crippen LogP contribution in [0.4, 0.5) is 5.69 Å². The van der Waals surface area contributed by atoms with Crippen molar-refractivity contribution in [3.63, 3.8) is 0 Å². The number of halogens is 1. The number of nitrogens with one attached hydrogen (secondary N) is 2. The number of nitrogens with zero attached hydrogens (tertiary/aromatic N) is 3. The van der Waals surface area contributed by atoms with Crippen molar-refractivity contribution in [2.24, 2.45) is 0 Å². The van der Waals surface area contributed by atoms with Crippen molar-refractivity contribution in [2.75, 3.05) is 11.9 Å². The highest BCUT2D eigenvalue weighted by Gasteiger charge is 2.11. The summed E-state index contributed by atoms with van der Waals surface area (Å²) in [7, 11) is 0. The van der Waals surface area contributed by atoms with Gasteiger partial charge in [0, 0.05) is 21.5 Å². The lowest BCUT2D eigenvalue weighted by molar-refractivity contribution is -0.115. The Morgan fingerprint density at radius 1 is 1.23 bits per heavy atom. The van der Waals surface area contributed by atoms with Crippen molar-refractivity contribution in [1.29, 1.82) is 0 Å². The summed E-state index contributed by atoms with van der Waals surface area (Å²) in [5.41, 5.74) is 1.81. The molecule has 0 bridgehead atoms. The number of pyridine rings is 1. The summed E-state index contributed by atoms with van der Waals surface area (Å²) in [5.74, 6) is -0.640. The average molecular weight is 416 g/mol. The maximum atomic E-state index is 12.1. The van der Waals surface area contributed by atoms with E-state index in [2.05, 4.69) is 36.6 Å². The molecule has 0 aliphatic rings. The van der Waals surface area contributed by atoms with Crippen LogP contribution in [0.3, 0.4) is 0 Å². The molecule has 0 atom stereocenters. The molecule has 0 saturated carbocycles. The first-order valence-electron chi connectivity index (χ1n) is 8.11. The second kappa shape index (κ2) is 7.65. The number of benzene rings is 1. The Bertz CT molecular complexity index is 967. The van der Waals surface area contributed by atoms with Gasteiger partial charge in [-0.15, -0.1) is 0 Å². The summed E-state index contributed by atoms with van der Waals surface area (Å²) in [6.07, 6.45) is 3.30. The van der Waals surface area contributed by atoms with E-state index in [1.54, 1.807) is 30.6 Å². The fourth-order valence-corrected chi connectivity index (χ4v) is 2.88. The summed E-state index contributed by atoms with van der Waals surface area (Å²) in [5, 5.41) is 10.5. The lowest BCUT2D eigenvalue weighted by atomic mass is 10.2. The minimum Gasteiger partial charge on any atom is -0.343 e. The van der Waals surface area contributed by atoms with Crippen LogP contribution in [0.1, 0.15) is 30.2 Å².